The van der Waals surface area contributed by atoms with E-state index in [-0.39, 0.29) is 12.2 Å². The fraction of sp³-hybridized carbons (Fsp3) is 0.143. The molecule has 0 spiro atoms. The minimum absolute atomic E-state index is 0.160. The van der Waals surface area contributed by atoms with E-state index in [0.717, 1.165) is 10.2 Å². The fourth-order valence-electron chi connectivity index (χ4n) is 2.98. The van der Waals surface area contributed by atoms with Crippen molar-refractivity contribution in [2.75, 3.05) is 14.2 Å². The summed E-state index contributed by atoms with van der Waals surface area (Å²) in [5, 5.41) is 0. The number of aromatic nitrogens is 3. The van der Waals surface area contributed by atoms with Gasteiger partial charge in [0.2, 0.25) is 0 Å². The van der Waals surface area contributed by atoms with Gasteiger partial charge in [0.15, 0.2) is 4.80 Å². The fourth-order valence-corrected chi connectivity index (χ4v) is 4.12. The number of terminal acetylenes is 1. The number of methoxy groups -OCH3 is 2. The van der Waals surface area contributed by atoms with Crippen LogP contribution >= 0.6 is 11.3 Å². The topological polar surface area (TPSA) is 78.6 Å². The molecule has 8 heteroatoms. The van der Waals surface area contributed by atoms with Crippen molar-refractivity contribution in [3.63, 3.8) is 0 Å². The van der Waals surface area contributed by atoms with Crippen LogP contribution in [0.15, 0.2) is 47.6 Å². The summed E-state index contributed by atoms with van der Waals surface area (Å²) in [7, 11) is 3.16. The van der Waals surface area contributed by atoms with E-state index >= 15 is 0 Å². The Labute approximate surface area is 170 Å². The van der Waals surface area contributed by atoms with Crippen LogP contribution in [0.1, 0.15) is 10.5 Å². The van der Waals surface area contributed by atoms with Gasteiger partial charge in [0.1, 0.15) is 27.4 Å². The molecule has 1 amide bonds. The van der Waals surface area contributed by atoms with Gasteiger partial charge in [0.25, 0.3) is 5.91 Å². The summed E-state index contributed by atoms with van der Waals surface area (Å²) in [4.78, 5) is 26.2. The Morgan fingerprint density at radius 3 is 2.62 bits per heavy atom. The number of amides is 1. The number of benzene rings is 2. The molecule has 0 radical (unpaired) electrons. The van der Waals surface area contributed by atoms with Gasteiger partial charge < -0.3 is 14.0 Å². The summed E-state index contributed by atoms with van der Waals surface area (Å²) >= 11 is 1.30. The predicted molar refractivity (Wildman–Crippen MR) is 111 cm³/mol. The first-order valence-corrected chi connectivity index (χ1v) is 9.46. The second kappa shape index (κ2) is 7.73. The Bertz CT molecular complexity index is 1350. The second-order valence-electron chi connectivity index (χ2n) is 5.98. The smallest absolute Gasteiger partial charge is 0.299 e. The molecule has 0 bridgehead atoms. The lowest BCUT2D eigenvalue weighted by Crippen LogP contribution is -2.17. The van der Waals surface area contributed by atoms with Crippen LogP contribution in [0.3, 0.4) is 0 Å². The molecule has 0 fully saturated rings. The highest BCUT2D eigenvalue weighted by Crippen LogP contribution is 2.35. The van der Waals surface area contributed by atoms with Crippen molar-refractivity contribution in [3.05, 3.63) is 53.1 Å². The van der Waals surface area contributed by atoms with E-state index in [1.807, 2.05) is 18.2 Å². The van der Waals surface area contributed by atoms with Crippen molar-refractivity contribution < 1.29 is 14.3 Å². The quantitative estimate of drug-likeness (QED) is 0.489. The SMILES string of the molecule is C#CCn1c(=NC(=O)c2cnc3ccccc3n2)sc2c(OC)ccc(OC)c21. The number of carbonyl (C=O) groups is 1. The molecule has 0 aliphatic heterocycles. The molecule has 0 N–H and O–H groups in total. The number of hydrogen-bond acceptors (Lipinski definition) is 6. The van der Waals surface area contributed by atoms with Crippen molar-refractivity contribution in [1.29, 1.82) is 0 Å². The summed E-state index contributed by atoms with van der Waals surface area (Å²) in [6, 6.07) is 10.9. The molecule has 0 saturated carbocycles. The van der Waals surface area contributed by atoms with Crippen molar-refractivity contribution in [2.45, 2.75) is 6.54 Å². The van der Waals surface area contributed by atoms with Crippen LogP contribution in [0.25, 0.3) is 21.3 Å². The molecule has 2 aromatic carbocycles. The first-order valence-electron chi connectivity index (χ1n) is 8.65. The van der Waals surface area contributed by atoms with E-state index in [9.17, 15) is 4.79 Å². The maximum absolute atomic E-state index is 12.8. The van der Waals surface area contributed by atoms with Gasteiger partial charge >= 0.3 is 0 Å². The van der Waals surface area contributed by atoms with E-state index in [1.165, 1.54) is 17.5 Å². The van der Waals surface area contributed by atoms with Crippen molar-refractivity contribution in [1.82, 2.24) is 14.5 Å². The van der Waals surface area contributed by atoms with Gasteiger partial charge in [-0.2, -0.15) is 4.99 Å². The number of thiazole rings is 1. The van der Waals surface area contributed by atoms with E-state index in [2.05, 4.69) is 20.9 Å². The minimum atomic E-state index is -0.501. The molecular weight excluding hydrogens is 388 g/mol. The molecule has 144 valence electrons. The lowest BCUT2D eigenvalue weighted by Gasteiger charge is -2.08. The number of fused-ring (bicyclic) bond motifs is 2. The minimum Gasteiger partial charge on any atom is -0.495 e. The Balaban J connectivity index is 1.91. The maximum atomic E-state index is 12.8. The van der Waals surface area contributed by atoms with Gasteiger partial charge in [-0.25, -0.2) is 4.98 Å². The second-order valence-corrected chi connectivity index (χ2v) is 6.96. The lowest BCUT2D eigenvalue weighted by molar-refractivity contribution is 0.0993. The predicted octanol–water partition coefficient (Wildman–Crippen LogP) is 3.04. The van der Waals surface area contributed by atoms with Gasteiger partial charge in [0, 0.05) is 0 Å². The van der Waals surface area contributed by atoms with E-state index in [4.69, 9.17) is 15.9 Å². The summed E-state index contributed by atoms with van der Waals surface area (Å²) in [6.45, 7) is 0.221. The van der Waals surface area contributed by atoms with Crippen molar-refractivity contribution >= 4 is 38.5 Å². The number of rotatable bonds is 4. The zero-order valence-corrected chi connectivity index (χ0v) is 16.6. The highest BCUT2D eigenvalue weighted by Gasteiger charge is 2.17. The first kappa shape index (κ1) is 18.7. The monoisotopic (exact) mass is 404 g/mol. The number of nitrogens with zero attached hydrogens (tertiary/aromatic N) is 4. The normalized spacial score (nSPS) is 11.6. The first-order chi connectivity index (χ1) is 14.2. The molecular formula is C21H16N4O3S. The maximum Gasteiger partial charge on any atom is 0.299 e. The van der Waals surface area contributed by atoms with Gasteiger partial charge in [-0.1, -0.05) is 29.4 Å². The van der Waals surface area contributed by atoms with Crippen LogP contribution in [-0.2, 0) is 6.54 Å². The van der Waals surface area contributed by atoms with Gasteiger partial charge in [-0.05, 0) is 24.3 Å². The molecule has 7 nitrogen and oxygen atoms in total. The highest BCUT2D eigenvalue weighted by atomic mass is 32.1. The van der Waals surface area contributed by atoms with E-state index in [1.54, 1.807) is 37.0 Å². The van der Waals surface area contributed by atoms with Crippen LogP contribution in [-0.4, -0.2) is 34.7 Å². The van der Waals surface area contributed by atoms with Crippen LogP contribution in [0.4, 0.5) is 0 Å². The molecule has 0 atom stereocenters. The molecule has 0 aliphatic rings. The average Bonchev–Trinajstić information content (AvgIpc) is 3.11. The molecule has 2 aromatic heterocycles. The zero-order chi connectivity index (χ0) is 20.4. The Kier molecular flexibility index (Phi) is 4.97. The standard InChI is InChI=1S/C21H16N4O3S/c1-4-11-25-18-16(27-2)9-10-17(28-3)19(18)29-21(25)24-20(26)15-12-22-13-7-5-6-8-14(13)23-15/h1,5-10,12H,11H2,2-3H3. The number of ether oxygens (including phenoxy) is 2. The van der Waals surface area contributed by atoms with Crippen LogP contribution < -0.4 is 14.3 Å². The highest BCUT2D eigenvalue weighted by molar-refractivity contribution is 7.16. The molecule has 4 aromatic rings. The molecule has 0 unspecified atom stereocenters. The number of carbonyl (C=O) groups excluding carboxylic acids is 1. The number of para-hydroxylation sites is 2. The Hall–Kier alpha value is -3.70. The van der Waals surface area contributed by atoms with Crippen LogP contribution in [0.5, 0.6) is 11.5 Å². The third kappa shape index (κ3) is 3.32. The third-order valence-electron chi connectivity index (χ3n) is 4.31. The summed E-state index contributed by atoms with van der Waals surface area (Å²) < 4.78 is 13.5. The van der Waals surface area contributed by atoms with Crippen molar-refractivity contribution in [3.8, 4) is 23.8 Å². The van der Waals surface area contributed by atoms with Gasteiger partial charge in [0.05, 0.1) is 38.0 Å². The van der Waals surface area contributed by atoms with E-state index in [0.29, 0.717) is 27.3 Å². The summed E-state index contributed by atoms with van der Waals surface area (Å²) in [5.41, 5.74) is 2.23. The molecule has 0 saturated heterocycles. The summed E-state index contributed by atoms with van der Waals surface area (Å²) in [6.07, 6.45) is 6.98. The summed E-state index contributed by atoms with van der Waals surface area (Å²) in [5.74, 6) is 3.37. The Morgan fingerprint density at radius 2 is 1.90 bits per heavy atom. The van der Waals surface area contributed by atoms with Gasteiger partial charge in [-0.3, -0.25) is 9.78 Å². The number of hydrogen-bond donors (Lipinski definition) is 0. The molecule has 2 heterocycles. The largest absolute Gasteiger partial charge is 0.495 e. The Morgan fingerprint density at radius 1 is 1.17 bits per heavy atom. The van der Waals surface area contributed by atoms with E-state index < -0.39 is 5.91 Å². The zero-order valence-electron chi connectivity index (χ0n) is 15.7. The van der Waals surface area contributed by atoms with Gasteiger partial charge in [-0.15, -0.1) is 6.42 Å². The average molecular weight is 404 g/mol. The van der Waals surface area contributed by atoms with Crippen molar-refractivity contribution in [2.24, 2.45) is 4.99 Å². The lowest BCUT2D eigenvalue weighted by atomic mass is 10.3. The van der Waals surface area contributed by atoms with Crippen LogP contribution in [0, 0.1) is 12.3 Å². The molecule has 29 heavy (non-hydrogen) atoms. The van der Waals surface area contributed by atoms with Crippen LogP contribution in [0.2, 0.25) is 0 Å². The molecule has 4 rings (SSSR count). The molecule has 0 aliphatic carbocycles. The third-order valence-corrected chi connectivity index (χ3v) is 5.40.